The molecule has 0 spiro atoms. The van der Waals surface area contributed by atoms with Crippen LogP contribution in [-0.4, -0.2) is 50.6 Å². The number of hydrogen-bond donors (Lipinski definition) is 1. The summed E-state index contributed by atoms with van der Waals surface area (Å²) in [5.41, 5.74) is 0. The summed E-state index contributed by atoms with van der Waals surface area (Å²) in [7, 11) is 1.92. The molecule has 0 bridgehead atoms. The van der Waals surface area contributed by atoms with Crippen molar-refractivity contribution in [2.75, 3.05) is 12.8 Å². The van der Waals surface area contributed by atoms with Crippen molar-refractivity contribution < 1.29 is 4.79 Å². The second-order valence-electron chi connectivity index (χ2n) is 5.77. The highest BCUT2D eigenvalue weighted by atomic mass is 32.2. The lowest BCUT2D eigenvalue weighted by Crippen LogP contribution is -2.46. The van der Waals surface area contributed by atoms with Crippen LogP contribution in [0.1, 0.15) is 33.1 Å². The quantitative estimate of drug-likeness (QED) is 0.878. The zero-order valence-corrected chi connectivity index (χ0v) is 14.0. The predicted molar refractivity (Wildman–Crippen MR) is 87.5 cm³/mol. The van der Waals surface area contributed by atoms with Crippen LogP contribution in [0.15, 0.2) is 18.7 Å². The van der Waals surface area contributed by atoms with Crippen molar-refractivity contribution in [2.24, 2.45) is 0 Å². The van der Waals surface area contributed by atoms with Gasteiger partial charge in [0, 0.05) is 43.3 Å². The van der Waals surface area contributed by atoms with E-state index in [0.29, 0.717) is 6.04 Å². The second-order valence-corrected chi connectivity index (χ2v) is 7.34. The van der Waals surface area contributed by atoms with Crippen molar-refractivity contribution in [3.05, 3.63) is 18.7 Å². The molecule has 1 aliphatic carbocycles. The molecular formula is C15H26N4OS. The lowest BCUT2D eigenvalue weighted by atomic mass is 10.2. The van der Waals surface area contributed by atoms with E-state index in [1.807, 2.05) is 41.4 Å². The minimum absolute atomic E-state index is 0.0368. The molecule has 5 nitrogen and oxygen atoms in total. The molecule has 3 unspecified atom stereocenters. The van der Waals surface area contributed by atoms with E-state index in [2.05, 4.69) is 17.2 Å². The van der Waals surface area contributed by atoms with Gasteiger partial charge in [0.25, 0.3) is 0 Å². The SMILES string of the molecule is CCSC1CCC(N(C)C(=O)NC(C)Cn2ccnc2)C1. The summed E-state index contributed by atoms with van der Waals surface area (Å²) in [6.45, 7) is 4.97. The predicted octanol–water partition coefficient (Wildman–Crippen LogP) is 2.59. The lowest BCUT2D eigenvalue weighted by molar-refractivity contribution is 0.186. The molecule has 1 N–H and O–H groups in total. The van der Waals surface area contributed by atoms with Crippen molar-refractivity contribution in [1.82, 2.24) is 19.8 Å². The van der Waals surface area contributed by atoms with E-state index in [1.165, 1.54) is 6.42 Å². The number of aromatic nitrogens is 2. The van der Waals surface area contributed by atoms with E-state index in [9.17, 15) is 4.79 Å². The average molecular weight is 310 g/mol. The fraction of sp³-hybridized carbons (Fsp3) is 0.733. The number of imidazole rings is 1. The van der Waals surface area contributed by atoms with Gasteiger partial charge in [-0.2, -0.15) is 11.8 Å². The molecule has 21 heavy (non-hydrogen) atoms. The Labute approximate surface area is 131 Å². The monoisotopic (exact) mass is 310 g/mol. The Balaban J connectivity index is 1.77. The number of urea groups is 1. The van der Waals surface area contributed by atoms with Gasteiger partial charge in [0.05, 0.1) is 6.33 Å². The Morgan fingerprint density at radius 2 is 2.38 bits per heavy atom. The van der Waals surface area contributed by atoms with Crippen LogP contribution >= 0.6 is 11.8 Å². The highest BCUT2D eigenvalue weighted by Gasteiger charge is 2.30. The van der Waals surface area contributed by atoms with E-state index < -0.39 is 0 Å². The number of carbonyl (C=O) groups is 1. The molecule has 1 aliphatic rings. The first kappa shape index (κ1) is 16.2. The van der Waals surface area contributed by atoms with Gasteiger partial charge in [-0.3, -0.25) is 0 Å². The summed E-state index contributed by atoms with van der Waals surface area (Å²) in [6, 6.07) is 0.514. The van der Waals surface area contributed by atoms with Gasteiger partial charge in [-0.25, -0.2) is 9.78 Å². The van der Waals surface area contributed by atoms with Gasteiger partial charge < -0.3 is 14.8 Å². The standard InChI is InChI=1S/C15H26N4OS/c1-4-21-14-6-5-13(9-14)18(3)15(20)17-12(2)10-19-8-7-16-11-19/h7-8,11-14H,4-6,9-10H2,1-3H3,(H,17,20). The van der Waals surface area contributed by atoms with Crippen LogP contribution < -0.4 is 5.32 Å². The maximum absolute atomic E-state index is 12.3. The Morgan fingerprint density at radius 3 is 3.05 bits per heavy atom. The minimum atomic E-state index is 0.0368. The second kappa shape index (κ2) is 7.73. The number of nitrogens with one attached hydrogen (secondary N) is 1. The molecule has 0 aromatic carbocycles. The van der Waals surface area contributed by atoms with Crippen molar-refractivity contribution in [3.63, 3.8) is 0 Å². The summed E-state index contributed by atoms with van der Waals surface area (Å²) >= 11 is 2.02. The van der Waals surface area contributed by atoms with Crippen LogP contribution in [0, 0.1) is 0 Å². The summed E-state index contributed by atoms with van der Waals surface area (Å²) in [4.78, 5) is 18.2. The maximum Gasteiger partial charge on any atom is 0.317 e. The summed E-state index contributed by atoms with van der Waals surface area (Å²) in [6.07, 6.45) is 8.91. The lowest BCUT2D eigenvalue weighted by Gasteiger charge is -2.27. The highest BCUT2D eigenvalue weighted by Crippen LogP contribution is 2.32. The average Bonchev–Trinajstić information content (AvgIpc) is 3.09. The Bertz CT molecular complexity index is 437. The third-order valence-corrected chi connectivity index (χ3v) is 5.27. The summed E-state index contributed by atoms with van der Waals surface area (Å²) in [5.74, 6) is 1.16. The molecule has 1 aromatic heterocycles. The van der Waals surface area contributed by atoms with Crippen LogP contribution in [0.2, 0.25) is 0 Å². The molecule has 1 heterocycles. The summed E-state index contributed by atoms with van der Waals surface area (Å²) in [5, 5.41) is 3.79. The van der Waals surface area contributed by atoms with Crippen molar-refractivity contribution >= 4 is 17.8 Å². The minimum Gasteiger partial charge on any atom is -0.335 e. The molecule has 0 saturated heterocycles. The Hall–Kier alpha value is -1.17. The van der Waals surface area contributed by atoms with Crippen LogP contribution in [0.25, 0.3) is 0 Å². The first-order valence-corrected chi connectivity index (χ1v) is 8.75. The van der Waals surface area contributed by atoms with Crippen molar-refractivity contribution in [1.29, 1.82) is 0 Å². The third kappa shape index (κ3) is 4.66. The van der Waals surface area contributed by atoms with Gasteiger partial charge in [-0.05, 0) is 31.9 Å². The molecule has 0 radical (unpaired) electrons. The maximum atomic E-state index is 12.3. The number of hydrogen-bond acceptors (Lipinski definition) is 3. The first-order chi connectivity index (χ1) is 10.1. The van der Waals surface area contributed by atoms with Gasteiger partial charge in [0.15, 0.2) is 0 Å². The molecule has 1 aromatic rings. The fourth-order valence-electron chi connectivity index (χ4n) is 2.89. The van der Waals surface area contributed by atoms with E-state index >= 15 is 0 Å². The molecule has 1 saturated carbocycles. The number of carbonyl (C=O) groups excluding carboxylic acids is 1. The van der Waals surface area contributed by atoms with Crippen LogP contribution in [0.4, 0.5) is 4.79 Å². The number of rotatable bonds is 6. The molecule has 118 valence electrons. The number of thioether (sulfide) groups is 1. The van der Waals surface area contributed by atoms with Crippen molar-refractivity contribution in [3.8, 4) is 0 Å². The molecule has 1 fully saturated rings. The molecule has 2 amide bonds. The van der Waals surface area contributed by atoms with Crippen LogP contribution in [0.5, 0.6) is 0 Å². The molecule has 6 heteroatoms. The van der Waals surface area contributed by atoms with Crippen LogP contribution in [0.3, 0.4) is 0 Å². The van der Waals surface area contributed by atoms with Crippen molar-refractivity contribution in [2.45, 2.75) is 57.0 Å². The number of amides is 2. The smallest absolute Gasteiger partial charge is 0.317 e. The van der Waals surface area contributed by atoms with Gasteiger partial charge in [0.2, 0.25) is 0 Å². The largest absolute Gasteiger partial charge is 0.335 e. The number of nitrogens with zero attached hydrogens (tertiary/aromatic N) is 3. The van der Waals surface area contributed by atoms with E-state index in [1.54, 1.807) is 12.5 Å². The zero-order chi connectivity index (χ0) is 15.2. The third-order valence-electron chi connectivity index (χ3n) is 4.04. The van der Waals surface area contributed by atoms with E-state index in [-0.39, 0.29) is 12.1 Å². The van der Waals surface area contributed by atoms with E-state index in [4.69, 9.17) is 0 Å². The normalized spacial score (nSPS) is 23.0. The molecule has 3 atom stereocenters. The first-order valence-electron chi connectivity index (χ1n) is 7.70. The molecule has 2 rings (SSSR count). The Kier molecular flexibility index (Phi) is 5.96. The van der Waals surface area contributed by atoms with E-state index in [0.717, 1.165) is 30.4 Å². The Morgan fingerprint density at radius 1 is 1.57 bits per heavy atom. The van der Waals surface area contributed by atoms with Gasteiger partial charge in [0.1, 0.15) is 0 Å². The topological polar surface area (TPSA) is 50.2 Å². The zero-order valence-electron chi connectivity index (χ0n) is 13.2. The van der Waals surface area contributed by atoms with Gasteiger partial charge >= 0.3 is 6.03 Å². The molecular weight excluding hydrogens is 284 g/mol. The van der Waals surface area contributed by atoms with Gasteiger partial charge in [-0.15, -0.1) is 0 Å². The highest BCUT2D eigenvalue weighted by molar-refractivity contribution is 7.99. The van der Waals surface area contributed by atoms with Crippen LogP contribution in [-0.2, 0) is 6.54 Å². The fourth-order valence-corrected chi connectivity index (χ4v) is 4.02. The summed E-state index contributed by atoms with van der Waals surface area (Å²) < 4.78 is 1.98. The molecule has 0 aliphatic heterocycles. The van der Waals surface area contributed by atoms with Gasteiger partial charge in [-0.1, -0.05) is 6.92 Å².